The summed E-state index contributed by atoms with van der Waals surface area (Å²) < 4.78 is 0. The molecule has 0 radical (unpaired) electrons. The molecule has 4 unspecified atom stereocenters. The summed E-state index contributed by atoms with van der Waals surface area (Å²) in [6.45, 7) is 7.58. The second kappa shape index (κ2) is 4.84. The summed E-state index contributed by atoms with van der Waals surface area (Å²) >= 11 is 0. The van der Waals surface area contributed by atoms with Crippen LogP contribution in [0.15, 0.2) is 0 Å². The Kier molecular flexibility index (Phi) is 3.49. The molecular weight excluding hydrogens is 216 g/mol. The largest absolute Gasteiger partial charge is 0.0599 e. The molecule has 3 rings (SSSR count). The molecule has 4 atom stereocenters. The van der Waals surface area contributed by atoms with Gasteiger partial charge >= 0.3 is 0 Å². The lowest BCUT2D eigenvalue weighted by molar-refractivity contribution is -0.0627. The quantitative estimate of drug-likeness (QED) is 0.518. The average molecular weight is 248 g/mol. The van der Waals surface area contributed by atoms with Gasteiger partial charge in [0.1, 0.15) is 0 Å². The molecule has 0 saturated heterocycles. The van der Waals surface area contributed by atoms with Crippen LogP contribution in [0.2, 0.25) is 0 Å². The molecule has 0 heteroatoms. The van der Waals surface area contributed by atoms with Crippen molar-refractivity contribution in [3.8, 4) is 0 Å². The first-order valence-electron chi connectivity index (χ1n) is 8.57. The molecule has 0 bridgehead atoms. The average Bonchev–Trinajstić information content (AvgIpc) is 2.34. The van der Waals surface area contributed by atoms with E-state index in [1.807, 2.05) is 0 Å². The van der Waals surface area contributed by atoms with Crippen molar-refractivity contribution in [3.05, 3.63) is 0 Å². The van der Waals surface area contributed by atoms with Crippen molar-refractivity contribution in [1.82, 2.24) is 0 Å². The Morgan fingerprint density at radius 1 is 0.667 bits per heavy atom. The smallest absolute Gasteiger partial charge is 0.0303 e. The number of hydrogen-bond donors (Lipinski definition) is 0. The summed E-state index contributed by atoms with van der Waals surface area (Å²) in [5, 5.41) is 0. The van der Waals surface area contributed by atoms with Gasteiger partial charge in [-0.25, -0.2) is 0 Å². The van der Waals surface area contributed by atoms with Crippen LogP contribution in [0.5, 0.6) is 0 Å². The van der Waals surface area contributed by atoms with E-state index in [1.54, 1.807) is 32.1 Å². The summed E-state index contributed by atoms with van der Waals surface area (Å²) in [6.07, 6.45) is 13.9. The third-order valence-corrected chi connectivity index (χ3v) is 6.46. The maximum atomic E-state index is 2.53. The van der Waals surface area contributed by atoms with Crippen LogP contribution in [0.1, 0.15) is 78.6 Å². The zero-order valence-corrected chi connectivity index (χ0v) is 12.8. The zero-order chi connectivity index (χ0) is 12.8. The molecule has 0 aliphatic heterocycles. The first-order valence-corrected chi connectivity index (χ1v) is 8.57. The Morgan fingerprint density at radius 3 is 1.56 bits per heavy atom. The lowest BCUT2D eigenvalue weighted by atomic mass is 9.50. The predicted octanol–water partition coefficient (Wildman–Crippen LogP) is 5.67. The molecule has 0 N–H and O–H groups in total. The van der Waals surface area contributed by atoms with Gasteiger partial charge in [-0.05, 0) is 54.3 Å². The van der Waals surface area contributed by atoms with Gasteiger partial charge in [-0.15, -0.1) is 0 Å². The highest BCUT2D eigenvalue weighted by Gasteiger charge is 2.49. The molecular formula is C18H32. The third-order valence-electron chi connectivity index (χ3n) is 6.46. The van der Waals surface area contributed by atoms with E-state index in [-0.39, 0.29) is 0 Å². The van der Waals surface area contributed by atoms with E-state index in [9.17, 15) is 0 Å². The van der Waals surface area contributed by atoms with Gasteiger partial charge in [0.15, 0.2) is 0 Å². The lowest BCUT2D eigenvalue weighted by Gasteiger charge is -2.55. The van der Waals surface area contributed by atoms with Crippen LogP contribution in [0.4, 0.5) is 0 Å². The highest BCUT2D eigenvalue weighted by atomic mass is 14.5. The Balaban J connectivity index is 1.87. The van der Waals surface area contributed by atoms with Crippen molar-refractivity contribution >= 4 is 0 Å². The van der Waals surface area contributed by atoms with Gasteiger partial charge in [0.05, 0.1) is 0 Å². The highest BCUT2D eigenvalue weighted by Crippen LogP contribution is 2.57. The van der Waals surface area contributed by atoms with E-state index >= 15 is 0 Å². The maximum absolute atomic E-state index is 2.53. The monoisotopic (exact) mass is 248 g/mol. The first-order chi connectivity index (χ1) is 8.57. The molecule has 0 aromatic carbocycles. The van der Waals surface area contributed by atoms with Crippen LogP contribution < -0.4 is 0 Å². The number of fused-ring (bicyclic) bond motifs is 2. The summed E-state index contributed by atoms with van der Waals surface area (Å²) in [7, 11) is 0. The highest BCUT2D eigenvalue weighted by molar-refractivity contribution is 4.98. The van der Waals surface area contributed by atoms with Crippen molar-refractivity contribution < 1.29 is 0 Å². The first kappa shape index (κ1) is 13.0. The van der Waals surface area contributed by atoms with Crippen LogP contribution in [0.3, 0.4) is 0 Å². The Labute approximate surface area is 114 Å². The second-order valence-electron chi connectivity index (χ2n) is 8.54. The maximum Gasteiger partial charge on any atom is -0.0303 e. The van der Waals surface area contributed by atoms with Gasteiger partial charge in [0.2, 0.25) is 0 Å². The molecule has 3 fully saturated rings. The molecule has 0 spiro atoms. The van der Waals surface area contributed by atoms with Gasteiger partial charge in [-0.2, -0.15) is 0 Å². The number of hydrogen-bond acceptors (Lipinski definition) is 0. The van der Waals surface area contributed by atoms with Crippen molar-refractivity contribution in [2.45, 2.75) is 78.6 Å². The molecule has 104 valence electrons. The van der Waals surface area contributed by atoms with E-state index < -0.39 is 0 Å². The van der Waals surface area contributed by atoms with Crippen LogP contribution in [-0.2, 0) is 0 Å². The van der Waals surface area contributed by atoms with Gasteiger partial charge in [0, 0.05) is 0 Å². The molecule has 0 amide bonds. The lowest BCUT2D eigenvalue weighted by Crippen LogP contribution is -2.48. The molecule has 0 nitrogen and oxygen atoms in total. The fourth-order valence-electron chi connectivity index (χ4n) is 5.99. The van der Waals surface area contributed by atoms with E-state index in [0.29, 0.717) is 5.41 Å². The van der Waals surface area contributed by atoms with Crippen molar-refractivity contribution in [3.63, 3.8) is 0 Å². The zero-order valence-electron chi connectivity index (χ0n) is 12.8. The molecule has 18 heavy (non-hydrogen) atoms. The van der Waals surface area contributed by atoms with Crippen LogP contribution in [0.25, 0.3) is 0 Å². The Morgan fingerprint density at radius 2 is 1.11 bits per heavy atom. The van der Waals surface area contributed by atoms with Crippen molar-refractivity contribution in [2.75, 3.05) is 0 Å². The fraction of sp³-hybridized carbons (Fsp3) is 1.00. The van der Waals surface area contributed by atoms with E-state index in [4.69, 9.17) is 0 Å². The Bertz CT molecular complexity index is 263. The summed E-state index contributed by atoms with van der Waals surface area (Å²) in [6, 6.07) is 0. The van der Waals surface area contributed by atoms with E-state index in [2.05, 4.69) is 20.8 Å². The molecule has 0 heterocycles. The van der Waals surface area contributed by atoms with Gasteiger partial charge in [-0.1, -0.05) is 59.3 Å². The van der Waals surface area contributed by atoms with Crippen molar-refractivity contribution in [2.24, 2.45) is 35.0 Å². The fourth-order valence-corrected chi connectivity index (χ4v) is 5.99. The molecule has 0 aromatic heterocycles. The standard InChI is InChI=1S/C18H32/c1-18(2,3)17-15-10-6-4-8-13(15)12-14-9-5-7-11-16(14)17/h13-17H,4-12H2,1-3H3. The summed E-state index contributed by atoms with van der Waals surface area (Å²) in [4.78, 5) is 0. The third kappa shape index (κ3) is 2.25. The second-order valence-corrected chi connectivity index (χ2v) is 8.54. The number of rotatable bonds is 0. The Hall–Kier alpha value is 0. The minimum atomic E-state index is 0.543. The summed E-state index contributed by atoms with van der Waals surface area (Å²) in [5.41, 5.74) is 0.543. The topological polar surface area (TPSA) is 0 Å². The van der Waals surface area contributed by atoms with E-state index in [0.717, 1.165) is 29.6 Å². The van der Waals surface area contributed by atoms with Crippen LogP contribution in [-0.4, -0.2) is 0 Å². The molecule has 3 saturated carbocycles. The van der Waals surface area contributed by atoms with Gasteiger partial charge < -0.3 is 0 Å². The molecule has 3 aliphatic carbocycles. The minimum Gasteiger partial charge on any atom is -0.0599 e. The van der Waals surface area contributed by atoms with Crippen LogP contribution in [0, 0.1) is 35.0 Å². The summed E-state index contributed by atoms with van der Waals surface area (Å²) in [5.74, 6) is 5.39. The minimum absolute atomic E-state index is 0.543. The molecule has 3 aliphatic rings. The molecule has 0 aromatic rings. The van der Waals surface area contributed by atoms with E-state index in [1.165, 1.54) is 25.7 Å². The SMILES string of the molecule is CC(C)(C)C1C2CCCCC2CC2CCCCC21. The van der Waals surface area contributed by atoms with Gasteiger partial charge in [0.25, 0.3) is 0 Å². The van der Waals surface area contributed by atoms with Gasteiger partial charge in [-0.3, -0.25) is 0 Å². The van der Waals surface area contributed by atoms with Crippen LogP contribution >= 0.6 is 0 Å². The normalized spacial score (nSPS) is 45.2. The predicted molar refractivity (Wildman–Crippen MR) is 78.5 cm³/mol. The van der Waals surface area contributed by atoms with Crippen molar-refractivity contribution in [1.29, 1.82) is 0 Å².